The number of carbonyl (C=O) groups excluding carboxylic acids is 1. The number of hydrogen-bond acceptors (Lipinski definition) is 6. The molecule has 4 rings (SSSR count). The first-order chi connectivity index (χ1) is 17.9. The molecular weight excluding hydrogens is 574 g/mol. The van der Waals surface area contributed by atoms with Crippen LogP contribution in [0.2, 0.25) is 0 Å². The lowest BCUT2D eigenvalue weighted by Crippen LogP contribution is -2.39. The predicted molar refractivity (Wildman–Crippen MR) is 155 cm³/mol. The fourth-order valence-electron chi connectivity index (χ4n) is 4.42. The summed E-state index contributed by atoms with van der Waals surface area (Å²) < 4.78 is 11.1. The van der Waals surface area contributed by atoms with Crippen molar-refractivity contribution in [3.63, 3.8) is 0 Å². The summed E-state index contributed by atoms with van der Waals surface area (Å²) in [7, 11) is 3.02. The number of methoxy groups -OCH3 is 2. The van der Waals surface area contributed by atoms with Gasteiger partial charge < -0.3 is 19.5 Å². The molecule has 0 radical (unpaired) electrons. The minimum absolute atomic E-state index is 0. The van der Waals surface area contributed by atoms with E-state index in [0.717, 1.165) is 43.0 Å². The quantitative estimate of drug-likeness (QED) is 0.282. The molecule has 0 saturated carbocycles. The van der Waals surface area contributed by atoms with Crippen molar-refractivity contribution in [2.24, 2.45) is 0 Å². The smallest absolute Gasteiger partial charge is 0.339 e. The van der Waals surface area contributed by atoms with Gasteiger partial charge in [0.1, 0.15) is 17.1 Å². The molecule has 1 heterocycles. The van der Waals surface area contributed by atoms with E-state index in [9.17, 15) is 14.7 Å². The zero-order valence-electron chi connectivity index (χ0n) is 21.3. The molecule has 10 heteroatoms. The molecule has 202 valence electrons. The summed E-state index contributed by atoms with van der Waals surface area (Å²) in [5.41, 5.74) is 6.37. The highest BCUT2D eigenvalue weighted by Gasteiger charge is 2.25. The van der Waals surface area contributed by atoms with Crippen molar-refractivity contribution >= 4 is 57.3 Å². The highest BCUT2D eigenvalue weighted by atomic mass is 79.9. The summed E-state index contributed by atoms with van der Waals surface area (Å²) in [5, 5.41) is 11.1. The van der Waals surface area contributed by atoms with Crippen LogP contribution in [0.1, 0.15) is 35.2 Å². The lowest BCUT2D eigenvalue weighted by Gasteiger charge is -2.34. The SMILES string of the molecule is COc1ccc(NN(C(=O)Cc2cc(OC)c(C(=O)O)cc2Br)c2ccccc2N2CCCCC2)cc1.Cl. The summed E-state index contributed by atoms with van der Waals surface area (Å²) in [6.45, 7) is 1.86. The highest BCUT2D eigenvalue weighted by molar-refractivity contribution is 9.10. The van der Waals surface area contributed by atoms with Crippen LogP contribution >= 0.6 is 28.3 Å². The summed E-state index contributed by atoms with van der Waals surface area (Å²) >= 11 is 3.44. The number of ether oxygens (including phenoxy) is 2. The number of carboxylic acids is 1. The Morgan fingerprint density at radius 2 is 1.68 bits per heavy atom. The van der Waals surface area contributed by atoms with Crippen LogP contribution in [-0.4, -0.2) is 44.3 Å². The molecule has 1 amide bonds. The van der Waals surface area contributed by atoms with E-state index in [1.807, 2.05) is 48.5 Å². The number of benzene rings is 3. The molecule has 1 aliphatic heterocycles. The van der Waals surface area contributed by atoms with Crippen molar-refractivity contribution in [1.82, 2.24) is 0 Å². The van der Waals surface area contributed by atoms with Gasteiger partial charge in [-0.15, -0.1) is 12.4 Å². The van der Waals surface area contributed by atoms with Crippen LogP contribution in [0, 0.1) is 0 Å². The maximum absolute atomic E-state index is 13.9. The van der Waals surface area contributed by atoms with Crippen LogP contribution in [0.4, 0.5) is 17.1 Å². The fraction of sp³-hybridized carbons (Fsp3) is 0.286. The largest absolute Gasteiger partial charge is 0.497 e. The van der Waals surface area contributed by atoms with Crippen LogP contribution in [0.25, 0.3) is 0 Å². The fourth-order valence-corrected chi connectivity index (χ4v) is 4.90. The van der Waals surface area contributed by atoms with Crippen molar-refractivity contribution in [3.05, 3.63) is 76.3 Å². The second-order valence-electron chi connectivity index (χ2n) is 8.73. The third kappa shape index (κ3) is 6.71. The third-order valence-electron chi connectivity index (χ3n) is 6.34. The van der Waals surface area contributed by atoms with Crippen molar-refractivity contribution in [2.75, 3.05) is 42.6 Å². The first-order valence-corrected chi connectivity index (χ1v) is 12.9. The van der Waals surface area contributed by atoms with Gasteiger partial charge in [-0.3, -0.25) is 10.2 Å². The normalized spacial score (nSPS) is 12.8. The Balaban J connectivity index is 0.00000400. The Labute approximate surface area is 237 Å². The van der Waals surface area contributed by atoms with E-state index in [1.165, 1.54) is 19.6 Å². The number of aromatic carboxylic acids is 1. The number of anilines is 3. The van der Waals surface area contributed by atoms with Crippen molar-refractivity contribution < 1.29 is 24.2 Å². The second-order valence-corrected chi connectivity index (χ2v) is 9.59. The molecule has 1 saturated heterocycles. The molecule has 8 nitrogen and oxygen atoms in total. The molecule has 3 aromatic rings. The van der Waals surface area contributed by atoms with E-state index < -0.39 is 5.97 Å². The van der Waals surface area contributed by atoms with E-state index in [4.69, 9.17) is 9.47 Å². The molecule has 0 aliphatic carbocycles. The number of hydrogen-bond donors (Lipinski definition) is 2. The van der Waals surface area contributed by atoms with Crippen molar-refractivity contribution in [3.8, 4) is 11.5 Å². The minimum atomic E-state index is -1.10. The van der Waals surface area contributed by atoms with Crippen LogP contribution in [0.3, 0.4) is 0 Å². The van der Waals surface area contributed by atoms with E-state index in [2.05, 4.69) is 26.3 Å². The maximum atomic E-state index is 13.9. The molecule has 1 aliphatic rings. The molecule has 3 aromatic carbocycles. The lowest BCUT2D eigenvalue weighted by molar-refractivity contribution is -0.117. The Kier molecular flexibility index (Phi) is 10.3. The third-order valence-corrected chi connectivity index (χ3v) is 7.08. The van der Waals surface area contributed by atoms with Gasteiger partial charge in [-0.2, -0.15) is 0 Å². The number of para-hydroxylation sites is 2. The summed E-state index contributed by atoms with van der Waals surface area (Å²) in [6, 6.07) is 18.3. The van der Waals surface area contributed by atoms with Gasteiger partial charge in [-0.1, -0.05) is 28.1 Å². The Bertz CT molecular complexity index is 1270. The highest BCUT2D eigenvalue weighted by Crippen LogP contribution is 2.34. The molecule has 0 aromatic heterocycles. The monoisotopic (exact) mass is 603 g/mol. The molecular formula is C28H31BrClN3O5. The number of hydrazine groups is 1. The van der Waals surface area contributed by atoms with Crippen LogP contribution < -0.4 is 24.8 Å². The van der Waals surface area contributed by atoms with Crippen molar-refractivity contribution in [2.45, 2.75) is 25.7 Å². The Morgan fingerprint density at radius 1 is 1.00 bits per heavy atom. The van der Waals surface area contributed by atoms with E-state index in [-0.39, 0.29) is 36.0 Å². The van der Waals surface area contributed by atoms with Gasteiger partial charge in [0.2, 0.25) is 5.91 Å². The van der Waals surface area contributed by atoms with E-state index in [1.54, 1.807) is 18.2 Å². The summed E-state index contributed by atoms with van der Waals surface area (Å²) in [5.74, 6) is -0.409. The molecule has 0 atom stereocenters. The molecule has 1 fully saturated rings. The van der Waals surface area contributed by atoms with Crippen LogP contribution in [0.15, 0.2) is 65.1 Å². The molecule has 0 bridgehead atoms. The van der Waals surface area contributed by atoms with Gasteiger partial charge in [0.05, 0.1) is 37.7 Å². The Morgan fingerprint density at radius 3 is 2.32 bits per heavy atom. The van der Waals surface area contributed by atoms with Gasteiger partial charge in [0, 0.05) is 17.6 Å². The average molecular weight is 605 g/mol. The zero-order chi connectivity index (χ0) is 26.4. The van der Waals surface area contributed by atoms with Gasteiger partial charge in [-0.25, -0.2) is 9.80 Å². The van der Waals surface area contributed by atoms with Crippen molar-refractivity contribution in [1.29, 1.82) is 0 Å². The number of rotatable bonds is 9. The second kappa shape index (κ2) is 13.4. The minimum Gasteiger partial charge on any atom is -0.497 e. The molecule has 0 unspecified atom stereocenters. The number of piperidine rings is 1. The molecule has 0 spiro atoms. The standard InChI is InChI=1S/C28H30BrN3O5.ClH/c1-36-21-12-10-20(11-13-21)30-32(25-9-5-4-8-24(25)31-14-6-3-7-15-31)27(33)17-19-16-26(37-2)22(28(34)35)18-23(19)29;/h4-5,8-13,16,18,30H,3,6-7,14-15,17H2,1-2H3,(H,34,35);1H. The van der Waals surface area contributed by atoms with Crippen LogP contribution in [-0.2, 0) is 11.2 Å². The van der Waals surface area contributed by atoms with E-state index >= 15 is 0 Å². The maximum Gasteiger partial charge on any atom is 0.339 e. The number of halogens is 2. The average Bonchev–Trinajstić information content (AvgIpc) is 2.93. The molecule has 2 N–H and O–H groups in total. The summed E-state index contributed by atoms with van der Waals surface area (Å²) in [6.07, 6.45) is 3.43. The van der Waals surface area contributed by atoms with Gasteiger partial charge in [-0.05, 0) is 73.4 Å². The van der Waals surface area contributed by atoms with Gasteiger partial charge >= 0.3 is 5.97 Å². The number of nitrogens with one attached hydrogen (secondary N) is 1. The first kappa shape index (κ1) is 29.1. The number of nitrogens with zero attached hydrogens (tertiary/aromatic N) is 2. The lowest BCUT2D eigenvalue weighted by atomic mass is 10.1. The predicted octanol–water partition coefficient (Wildman–Crippen LogP) is 6.18. The molecule has 38 heavy (non-hydrogen) atoms. The number of amides is 1. The van der Waals surface area contributed by atoms with E-state index in [0.29, 0.717) is 15.8 Å². The number of carboxylic acid groups (broad SMARTS) is 1. The van der Waals surface area contributed by atoms with Gasteiger partial charge in [0.15, 0.2) is 0 Å². The van der Waals surface area contributed by atoms with Gasteiger partial charge in [0.25, 0.3) is 0 Å². The van der Waals surface area contributed by atoms with Crippen LogP contribution in [0.5, 0.6) is 11.5 Å². The summed E-state index contributed by atoms with van der Waals surface area (Å²) in [4.78, 5) is 27.8. The number of carbonyl (C=O) groups is 2. The first-order valence-electron chi connectivity index (χ1n) is 12.1. The topological polar surface area (TPSA) is 91.3 Å². The zero-order valence-corrected chi connectivity index (χ0v) is 23.7. The Hall–Kier alpha value is -3.43.